The summed E-state index contributed by atoms with van der Waals surface area (Å²) in [6.45, 7) is 3.99. The molecular formula is C19H22ClN6O2+. The summed E-state index contributed by atoms with van der Waals surface area (Å²) in [4.78, 5) is 17.2. The number of esters is 1. The standard InChI is InChI=1S/C19H21ClN6O2/c1-2-28-19(27)14-26-18(22-23-24-26)13-25(11-15-6-5-9-21-10-15)12-16-7-3-4-8-17(16)20/h3-10H,2,11-14H2,1H3/p+1. The van der Waals surface area contributed by atoms with Crippen LogP contribution in [0.2, 0.25) is 5.02 Å². The number of halogens is 1. The molecule has 8 nitrogen and oxygen atoms in total. The van der Waals surface area contributed by atoms with Crippen LogP contribution >= 0.6 is 11.6 Å². The smallest absolute Gasteiger partial charge is 0.327 e. The van der Waals surface area contributed by atoms with E-state index in [1.165, 1.54) is 9.58 Å². The van der Waals surface area contributed by atoms with Gasteiger partial charge in [-0.25, -0.2) is 4.68 Å². The first-order valence-electron chi connectivity index (χ1n) is 9.02. The molecule has 3 aromatic rings. The SMILES string of the molecule is CCOC(=O)Cn1nnnc1C[NH+](Cc1cccnc1)Cc1ccccc1Cl. The van der Waals surface area contributed by atoms with Gasteiger partial charge >= 0.3 is 5.97 Å². The van der Waals surface area contributed by atoms with E-state index in [9.17, 15) is 4.79 Å². The molecule has 0 aliphatic carbocycles. The Hall–Kier alpha value is -2.84. The summed E-state index contributed by atoms with van der Waals surface area (Å²) >= 11 is 6.36. The molecule has 0 fully saturated rings. The van der Waals surface area contributed by atoms with Crippen LogP contribution in [0.5, 0.6) is 0 Å². The van der Waals surface area contributed by atoms with Crippen molar-refractivity contribution in [3.63, 3.8) is 0 Å². The van der Waals surface area contributed by atoms with E-state index in [1.807, 2.05) is 42.6 Å². The minimum atomic E-state index is -0.365. The van der Waals surface area contributed by atoms with Gasteiger partial charge in [-0.1, -0.05) is 35.9 Å². The molecule has 2 aromatic heterocycles. The summed E-state index contributed by atoms with van der Waals surface area (Å²) in [5.41, 5.74) is 2.13. The number of nitrogens with one attached hydrogen (secondary N) is 1. The topological polar surface area (TPSA) is 87.2 Å². The normalized spacial score (nSPS) is 11.9. The van der Waals surface area contributed by atoms with Crippen LogP contribution in [0.15, 0.2) is 48.8 Å². The third-order valence-electron chi connectivity index (χ3n) is 4.17. The molecule has 1 N–H and O–H groups in total. The van der Waals surface area contributed by atoms with Gasteiger partial charge in [0.2, 0.25) is 5.82 Å². The Bertz CT molecular complexity index is 902. The Morgan fingerprint density at radius 3 is 2.79 bits per heavy atom. The Morgan fingerprint density at radius 2 is 2.04 bits per heavy atom. The first-order valence-corrected chi connectivity index (χ1v) is 9.40. The van der Waals surface area contributed by atoms with Crippen molar-refractivity contribution in [2.75, 3.05) is 6.61 Å². The third kappa shape index (κ3) is 5.58. The molecule has 146 valence electrons. The van der Waals surface area contributed by atoms with Crippen LogP contribution in [0.25, 0.3) is 0 Å². The van der Waals surface area contributed by atoms with Gasteiger partial charge in [-0.15, -0.1) is 5.10 Å². The molecule has 0 radical (unpaired) electrons. The molecule has 2 heterocycles. The third-order valence-corrected chi connectivity index (χ3v) is 4.54. The van der Waals surface area contributed by atoms with E-state index in [0.29, 0.717) is 32.1 Å². The van der Waals surface area contributed by atoms with Gasteiger partial charge in [0.25, 0.3) is 0 Å². The fraction of sp³-hybridized carbons (Fsp3) is 0.316. The quantitative estimate of drug-likeness (QED) is 0.540. The van der Waals surface area contributed by atoms with E-state index >= 15 is 0 Å². The average Bonchev–Trinajstić information content (AvgIpc) is 3.11. The van der Waals surface area contributed by atoms with Crippen molar-refractivity contribution >= 4 is 17.6 Å². The maximum absolute atomic E-state index is 11.8. The predicted octanol–water partition coefficient (Wildman–Crippen LogP) is 1.07. The van der Waals surface area contributed by atoms with Crippen LogP contribution in [0.1, 0.15) is 23.9 Å². The lowest BCUT2D eigenvalue weighted by Crippen LogP contribution is -3.08. The zero-order valence-corrected chi connectivity index (χ0v) is 16.3. The van der Waals surface area contributed by atoms with Gasteiger partial charge in [0.1, 0.15) is 26.2 Å². The van der Waals surface area contributed by atoms with E-state index in [0.717, 1.165) is 16.1 Å². The highest BCUT2D eigenvalue weighted by molar-refractivity contribution is 6.31. The molecule has 1 unspecified atom stereocenters. The number of pyridine rings is 1. The number of tetrazole rings is 1. The first kappa shape index (κ1) is 19.9. The molecule has 0 saturated carbocycles. The molecule has 0 amide bonds. The van der Waals surface area contributed by atoms with Crippen LogP contribution in [0, 0.1) is 0 Å². The highest BCUT2D eigenvalue weighted by atomic mass is 35.5. The maximum Gasteiger partial charge on any atom is 0.327 e. The van der Waals surface area contributed by atoms with E-state index in [-0.39, 0.29) is 12.5 Å². The molecule has 1 aromatic carbocycles. The monoisotopic (exact) mass is 401 g/mol. The summed E-state index contributed by atoms with van der Waals surface area (Å²) in [5.74, 6) is 0.245. The van der Waals surface area contributed by atoms with Crippen molar-refractivity contribution in [1.29, 1.82) is 0 Å². The van der Waals surface area contributed by atoms with Gasteiger partial charge in [0.15, 0.2) is 0 Å². The number of ether oxygens (including phenoxy) is 1. The lowest BCUT2D eigenvalue weighted by molar-refractivity contribution is -0.941. The number of benzene rings is 1. The Balaban J connectivity index is 1.78. The van der Waals surface area contributed by atoms with Crippen LogP contribution < -0.4 is 4.90 Å². The summed E-state index contributed by atoms with van der Waals surface area (Å²) in [7, 11) is 0. The van der Waals surface area contributed by atoms with Gasteiger partial charge in [-0.3, -0.25) is 9.78 Å². The molecule has 0 aliphatic rings. The molecule has 0 bridgehead atoms. The zero-order chi connectivity index (χ0) is 19.8. The first-order chi connectivity index (χ1) is 13.7. The maximum atomic E-state index is 11.8. The molecule has 1 atom stereocenters. The van der Waals surface area contributed by atoms with Crippen molar-refractivity contribution in [3.05, 3.63) is 70.8 Å². The van der Waals surface area contributed by atoms with E-state index in [4.69, 9.17) is 16.3 Å². The number of carbonyl (C=O) groups is 1. The molecule has 28 heavy (non-hydrogen) atoms. The Morgan fingerprint density at radius 1 is 1.18 bits per heavy atom. The van der Waals surface area contributed by atoms with Crippen molar-refractivity contribution in [3.8, 4) is 0 Å². The van der Waals surface area contributed by atoms with E-state index < -0.39 is 0 Å². The van der Waals surface area contributed by atoms with Crippen LogP contribution in [-0.4, -0.2) is 37.8 Å². The fourth-order valence-corrected chi connectivity index (χ4v) is 3.12. The van der Waals surface area contributed by atoms with E-state index in [2.05, 4.69) is 20.5 Å². The number of hydrogen-bond donors (Lipinski definition) is 1. The number of aromatic nitrogens is 5. The largest absolute Gasteiger partial charge is 0.465 e. The highest BCUT2D eigenvalue weighted by Gasteiger charge is 2.19. The second-order valence-corrected chi connectivity index (χ2v) is 6.70. The lowest BCUT2D eigenvalue weighted by Gasteiger charge is -2.19. The second-order valence-electron chi connectivity index (χ2n) is 6.29. The summed E-state index contributed by atoms with van der Waals surface area (Å²) in [6, 6.07) is 11.7. The minimum Gasteiger partial charge on any atom is -0.465 e. The average molecular weight is 402 g/mol. The number of nitrogens with zero attached hydrogens (tertiary/aromatic N) is 5. The van der Waals surface area contributed by atoms with Crippen LogP contribution in [0.4, 0.5) is 0 Å². The van der Waals surface area contributed by atoms with Crippen molar-refractivity contribution in [2.24, 2.45) is 0 Å². The lowest BCUT2D eigenvalue weighted by atomic mass is 10.2. The summed E-state index contributed by atoms with van der Waals surface area (Å²) < 4.78 is 6.47. The van der Waals surface area contributed by atoms with Crippen molar-refractivity contribution < 1.29 is 14.4 Å². The molecule has 9 heteroatoms. The molecular weight excluding hydrogens is 380 g/mol. The molecule has 0 saturated heterocycles. The summed E-state index contributed by atoms with van der Waals surface area (Å²) in [5, 5.41) is 12.5. The van der Waals surface area contributed by atoms with Gasteiger partial charge in [-0.05, 0) is 29.5 Å². The van der Waals surface area contributed by atoms with Crippen LogP contribution in [-0.2, 0) is 35.7 Å². The van der Waals surface area contributed by atoms with E-state index in [1.54, 1.807) is 13.1 Å². The van der Waals surface area contributed by atoms with Crippen LogP contribution in [0.3, 0.4) is 0 Å². The fourth-order valence-electron chi connectivity index (χ4n) is 2.92. The van der Waals surface area contributed by atoms with Gasteiger partial charge < -0.3 is 9.64 Å². The number of rotatable bonds is 9. The predicted molar refractivity (Wildman–Crippen MR) is 102 cm³/mol. The molecule has 0 aliphatic heterocycles. The van der Waals surface area contributed by atoms with Crippen molar-refractivity contribution in [1.82, 2.24) is 25.2 Å². The Kier molecular flexibility index (Phi) is 7.05. The second kappa shape index (κ2) is 9.91. The molecule has 0 spiro atoms. The zero-order valence-electron chi connectivity index (χ0n) is 15.6. The highest BCUT2D eigenvalue weighted by Crippen LogP contribution is 2.13. The minimum absolute atomic E-state index is 0.0115. The van der Waals surface area contributed by atoms with Crippen molar-refractivity contribution in [2.45, 2.75) is 33.1 Å². The number of hydrogen-bond acceptors (Lipinski definition) is 6. The Labute approximate surface area is 168 Å². The summed E-state index contributed by atoms with van der Waals surface area (Å²) in [6.07, 6.45) is 3.59. The van der Waals surface area contributed by atoms with Gasteiger partial charge in [0.05, 0.1) is 6.61 Å². The molecule has 3 rings (SSSR count). The number of quaternary nitrogens is 1. The van der Waals surface area contributed by atoms with Gasteiger partial charge in [-0.2, -0.15) is 0 Å². The number of carbonyl (C=O) groups excluding carboxylic acids is 1. The van der Waals surface area contributed by atoms with Gasteiger partial charge in [0, 0.05) is 28.5 Å².